The van der Waals surface area contributed by atoms with Gasteiger partial charge in [0.1, 0.15) is 0 Å². The second-order valence-electron chi connectivity index (χ2n) is 14.4. The molecule has 2 N–H and O–H groups in total. The van der Waals surface area contributed by atoms with Crippen LogP contribution in [0.3, 0.4) is 0 Å². The van der Waals surface area contributed by atoms with Gasteiger partial charge in [0.25, 0.3) is 0 Å². The van der Waals surface area contributed by atoms with Crippen LogP contribution >= 0.6 is 35.3 Å². The number of nitrogens with two attached hydrogens (primary N) is 1. The molecule has 43 heavy (non-hydrogen) atoms. The number of hydrogen-bond donors (Lipinski definition) is 1. The van der Waals surface area contributed by atoms with Gasteiger partial charge in [-0.2, -0.15) is 4.42 Å². The van der Waals surface area contributed by atoms with Crippen molar-refractivity contribution >= 4 is 54.4 Å². The third kappa shape index (κ3) is 12.6. The van der Waals surface area contributed by atoms with Gasteiger partial charge in [0.15, 0.2) is 5.78 Å². The second kappa shape index (κ2) is 13.3. The van der Waals surface area contributed by atoms with Crippen LogP contribution in [0.25, 0.3) is 6.08 Å². The van der Waals surface area contributed by atoms with Gasteiger partial charge in [0.2, 0.25) is 0 Å². The fourth-order valence-corrected chi connectivity index (χ4v) is 6.85. The average Bonchev–Trinajstić information content (AvgIpc) is 2.76. The number of rotatable bonds is 4. The summed E-state index contributed by atoms with van der Waals surface area (Å²) < 4.78 is 45.2. The van der Waals surface area contributed by atoms with Gasteiger partial charge in [-0.3, -0.25) is 4.79 Å². The lowest BCUT2D eigenvalue weighted by Gasteiger charge is -2.32. The van der Waals surface area contributed by atoms with Crippen molar-refractivity contribution in [2.24, 2.45) is 16.6 Å². The van der Waals surface area contributed by atoms with E-state index in [9.17, 15) is 22.1 Å². The van der Waals surface area contributed by atoms with Crippen molar-refractivity contribution in [1.82, 2.24) is 0 Å². The molecule has 3 rings (SSSR count). The van der Waals surface area contributed by atoms with E-state index in [-0.39, 0.29) is 26.1 Å². The Morgan fingerprint density at radius 2 is 1.16 bits per heavy atom. The molecule has 0 saturated heterocycles. The van der Waals surface area contributed by atoms with Gasteiger partial charge in [0, 0.05) is 20.6 Å². The number of hydrogen-bond acceptors (Lipinski definition) is 5. The average molecular weight is 658 g/mol. The first kappa shape index (κ1) is 37.3. The molecule has 238 valence electrons. The van der Waals surface area contributed by atoms with Crippen molar-refractivity contribution in [2.45, 2.75) is 103 Å². The highest BCUT2D eigenvalue weighted by Crippen LogP contribution is 2.49. The van der Waals surface area contributed by atoms with Gasteiger partial charge < -0.3 is 23.0 Å². The predicted octanol–water partition coefficient (Wildman–Crippen LogP) is 11.4. The zero-order chi connectivity index (χ0) is 33.3. The van der Waals surface area contributed by atoms with Crippen molar-refractivity contribution in [3.63, 3.8) is 0 Å². The molecule has 1 aliphatic carbocycles. The Hall–Kier alpha value is -1.85. The third-order valence-electron chi connectivity index (χ3n) is 5.57. The van der Waals surface area contributed by atoms with Crippen LogP contribution < -0.4 is 5.73 Å². The Labute approximate surface area is 267 Å². The van der Waals surface area contributed by atoms with Crippen LogP contribution in [0.15, 0.2) is 77.2 Å². The number of thioether (sulfide) groups is 3. The van der Waals surface area contributed by atoms with Gasteiger partial charge in [-0.15, -0.1) is 0 Å². The van der Waals surface area contributed by atoms with E-state index in [1.54, 1.807) is 23.5 Å². The first-order valence-corrected chi connectivity index (χ1v) is 16.4. The molecular weight excluding hydrogens is 613 g/mol. The maximum absolute atomic E-state index is 13.3. The van der Waals surface area contributed by atoms with Gasteiger partial charge in [0.05, 0.1) is 17.8 Å². The quantitative estimate of drug-likeness (QED) is 0.114. The molecule has 0 unspecified atom stereocenters. The highest BCUT2D eigenvalue weighted by atomic mass is 32.2. The summed E-state index contributed by atoms with van der Waals surface area (Å²) >= 11 is 5.19. The van der Waals surface area contributed by atoms with E-state index in [4.69, 9.17) is 10.2 Å². The van der Waals surface area contributed by atoms with Crippen molar-refractivity contribution in [3.05, 3.63) is 68.2 Å². The standard InChI is InChI=1S/C32H43NO2S3.BF4/c1-29(2,3)23-15-19(16-24(36-23)30(4,5)6)13-21-27(33)22(28(21)34)14-20-17-25(37-31(7,8)9)35-26(18-20)38-32(10,11)12;2-1(3,4)5/h13-18H,1-12H3,(H-,33,34);/q;-1/p+1/b22-14-;. The molecule has 0 amide bonds. The molecule has 1 aliphatic heterocycles. The maximum atomic E-state index is 13.3. The molecule has 0 saturated carbocycles. The minimum Gasteiger partial charge on any atom is -0.418 e. The minimum atomic E-state index is -6.00. The van der Waals surface area contributed by atoms with Crippen LogP contribution in [0.4, 0.5) is 17.3 Å². The lowest BCUT2D eigenvalue weighted by Crippen LogP contribution is -2.26. The Morgan fingerprint density at radius 3 is 1.49 bits per heavy atom. The molecule has 0 fully saturated rings. The monoisotopic (exact) mass is 657 g/mol. The second-order valence-corrected chi connectivity index (χ2v) is 19.2. The van der Waals surface area contributed by atoms with Gasteiger partial charge in [-0.05, 0) is 79.6 Å². The summed E-state index contributed by atoms with van der Waals surface area (Å²) in [5.74, 6) is -0.0134. The first-order valence-electron chi connectivity index (χ1n) is 14.0. The summed E-state index contributed by atoms with van der Waals surface area (Å²) in [6, 6.07) is 4.00. The Balaban J connectivity index is 0.00000119. The van der Waals surface area contributed by atoms with Crippen molar-refractivity contribution in [2.75, 3.05) is 0 Å². The molecule has 1 aromatic heterocycles. The first-order chi connectivity index (χ1) is 19.1. The molecule has 1 aromatic rings. The van der Waals surface area contributed by atoms with Gasteiger partial charge in [-0.1, -0.05) is 94.8 Å². The fraction of sp³-hybridized carbons (Fsp3) is 0.500. The Kier molecular flexibility index (Phi) is 11.5. The van der Waals surface area contributed by atoms with Crippen LogP contribution in [0.1, 0.15) is 88.6 Å². The Morgan fingerprint density at radius 1 is 0.767 bits per heavy atom. The summed E-state index contributed by atoms with van der Waals surface area (Å²) in [5.41, 5.74) is 10.2. The SMILES string of the molecule is CC(C)(C)Sc1cc(/C=C2\C(=O)C(C=C3C=C(C(C)(C)C)SC(C(C)(C)C)=C3)=C2N)cc(SC(C)(C)C)[o+]1.F[B-](F)(F)F. The van der Waals surface area contributed by atoms with Crippen LogP contribution in [0, 0.1) is 10.8 Å². The third-order valence-corrected chi connectivity index (χ3v) is 9.50. The van der Waals surface area contributed by atoms with Crippen LogP contribution in [-0.4, -0.2) is 22.5 Å². The van der Waals surface area contributed by atoms with E-state index in [1.165, 1.54) is 9.81 Å². The van der Waals surface area contributed by atoms with Crippen LogP contribution in [0.2, 0.25) is 0 Å². The van der Waals surface area contributed by atoms with E-state index >= 15 is 0 Å². The van der Waals surface area contributed by atoms with Crippen molar-refractivity contribution in [3.8, 4) is 0 Å². The maximum Gasteiger partial charge on any atom is 0.673 e. The molecule has 0 atom stereocenters. The van der Waals surface area contributed by atoms with E-state index in [1.807, 2.05) is 36.0 Å². The summed E-state index contributed by atoms with van der Waals surface area (Å²) in [7, 11) is -6.00. The lowest BCUT2D eigenvalue weighted by atomic mass is 9.83. The summed E-state index contributed by atoms with van der Waals surface area (Å²) in [6.07, 6.45) is 8.24. The summed E-state index contributed by atoms with van der Waals surface area (Å²) in [5, 5.41) is 1.66. The molecule has 2 heterocycles. The van der Waals surface area contributed by atoms with E-state index in [0.29, 0.717) is 16.8 Å². The van der Waals surface area contributed by atoms with E-state index < -0.39 is 7.25 Å². The summed E-state index contributed by atoms with van der Waals surface area (Å²) in [6.45, 7) is 26.3. The van der Waals surface area contributed by atoms with Gasteiger partial charge in [-0.25, -0.2) is 0 Å². The minimum absolute atomic E-state index is 0.000637. The van der Waals surface area contributed by atoms with Gasteiger partial charge >= 0.3 is 17.4 Å². The number of carbonyl (C=O) groups is 1. The zero-order valence-electron chi connectivity index (χ0n) is 27.2. The molecule has 0 bridgehead atoms. The number of carbonyl (C=O) groups excluding carboxylic acids is 1. The molecular formula is C32H44BF4NO2S3. The number of ketones is 1. The highest BCUT2D eigenvalue weighted by Gasteiger charge is 2.33. The van der Waals surface area contributed by atoms with Crippen LogP contribution in [0.5, 0.6) is 0 Å². The molecule has 0 spiro atoms. The number of allylic oxidation sites excluding steroid dienone is 8. The van der Waals surface area contributed by atoms with Crippen molar-refractivity contribution in [1.29, 1.82) is 0 Å². The number of Topliss-reactive ketones (excluding diaryl/α,β-unsaturated/α-hetero) is 1. The number of halogens is 4. The highest BCUT2D eigenvalue weighted by molar-refractivity contribution is 8.06. The molecule has 11 heteroatoms. The molecule has 2 aliphatic rings. The largest absolute Gasteiger partial charge is 0.673 e. The zero-order valence-corrected chi connectivity index (χ0v) is 29.6. The Bertz CT molecular complexity index is 1320. The van der Waals surface area contributed by atoms with Crippen molar-refractivity contribution < 1.29 is 26.5 Å². The normalized spacial score (nSPS) is 17.7. The fourth-order valence-electron chi connectivity index (χ4n) is 3.70. The van der Waals surface area contributed by atoms with E-state index in [0.717, 1.165) is 21.3 Å². The lowest BCUT2D eigenvalue weighted by molar-refractivity contribution is -0.112. The predicted molar refractivity (Wildman–Crippen MR) is 179 cm³/mol. The molecule has 0 aromatic carbocycles. The summed E-state index contributed by atoms with van der Waals surface area (Å²) in [4.78, 5) is 15.9. The van der Waals surface area contributed by atoms with E-state index in [2.05, 4.69) is 95.2 Å². The molecule has 0 radical (unpaired) electrons. The topological polar surface area (TPSA) is 54.4 Å². The molecule has 3 nitrogen and oxygen atoms in total. The smallest absolute Gasteiger partial charge is 0.418 e. The van der Waals surface area contributed by atoms with Crippen LogP contribution in [-0.2, 0) is 4.79 Å².